The fourth-order valence-corrected chi connectivity index (χ4v) is 4.10. The van der Waals surface area contributed by atoms with Gasteiger partial charge in [-0.05, 0) is 76.2 Å². The summed E-state index contributed by atoms with van der Waals surface area (Å²) in [6.07, 6.45) is 1.70. The number of carbonyl (C=O) groups excluding carboxylic acids is 1. The van der Waals surface area contributed by atoms with Crippen LogP contribution >= 0.6 is 11.6 Å². The quantitative estimate of drug-likeness (QED) is 0.576. The first-order valence-corrected chi connectivity index (χ1v) is 11.2. The Hall–Kier alpha value is -2.31. The molecule has 1 aromatic carbocycles. The number of pyridine rings is 1. The van der Waals surface area contributed by atoms with E-state index in [9.17, 15) is 4.79 Å². The molecular weight excluding hydrogens is 426 g/mol. The fourth-order valence-electron chi connectivity index (χ4n) is 3.85. The van der Waals surface area contributed by atoms with E-state index in [4.69, 9.17) is 25.2 Å². The minimum Gasteiger partial charge on any atom is -0.497 e. The van der Waals surface area contributed by atoms with Gasteiger partial charge in [-0.3, -0.25) is 0 Å². The molecule has 6 nitrogen and oxygen atoms in total. The highest BCUT2D eigenvalue weighted by atomic mass is 35.5. The third-order valence-electron chi connectivity index (χ3n) is 5.63. The number of likely N-dealkylation sites (tertiary alicyclic amines) is 1. The van der Waals surface area contributed by atoms with Crippen LogP contribution in [0.4, 0.5) is 4.79 Å². The zero-order valence-corrected chi connectivity index (χ0v) is 20.0. The van der Waals surface area contributed by atoms with Crippen LogP contribution in [0, 0.1) is 6.85 Å². The van der Waals surface area contributed by atoms with Crippen molar-refractivity contribution < 1.29 is 18.4 Å². The molecule has 1 amide bonds. The number of ether oxygens (including phenoxy) is 2. The lowest BCUT2D eigenvalue weighted by molar-refractivity contribution is 0.0279. The highest BCUT2D eigenvalue weighted by molar-refractivity contribution is 6.30. The minimum absolute atomic E-state index is 0.0180. The molecule has 1 atom stereocenters. The van der Waals surface area contributed by atoms with E-state index < -0.39 is 12.5 Å². The molecule has 1 N–H and O–H groups in total. The third kappa shape index (κ3) is 6.59. The molecule has 0 bridgehead atoms. The summed E-state index contributed by atoms with van der Waals surface area (Å²) in [7, 11) is 1.64. The zero-order chi connectivity index (χ0) is 25.9. The fraction of sp³-hybridized carbons (Fsp3) is 0.520. The van der Waals surface area contributed by atoms with Crippen molar-refractivity contribution >= 4 is 17.7 Å². The summed E-state index contributed by atoms with van der Waals surface area (Å²) in [5.74, 6) is 0.795. The second-order valence-electron chi connectivity index (χ2n) is 9.28. The van der Waals surface area contributed by atoms with Gasteiger partial charge >= 0.3 is 6.09 Å². The number of aryl methyl sites for hydroxylation is 2. The van der Waals surface area contributed by atoms with Gasteiger partial charge in [0.1, 0.15) is 16.5 Å². The summed E-state index contributed by atoms with van der Waals surface area (Å²) in [5.41, 5.74) is 0.935. The molecule has 1 aliphatic rings. The Kier molecular flexibility index (Phi) is 6.40. The Morgan fingerprint density at radius 2 is 2.03 bits per heavy atom. The molecule has 2 aromatic rings. The molecule has 1 saturated heterocycles. The molecule has 32 heavy (non-hydrogen) atoms. The van der Waals surface area contributed by atoms with Crippen LogP contribution in [0.5, 0.6) is 5.75 Å². The van der Waals surface area contributed by atoms with Gasteiger partial charge in [-0.1, -0.05) is 29.8 Å². The predicted molar refractivity (Wildman–Crippen MR) is 127 cm³/mol. The first-order chi connectivity index (χ1) is 16.3. The Balaban J connectivity index is 1.75. The largest absolute Gasteiger partial charge is 0.497 e. The molecule has 0 spiro atoms. The van der Waals surface area contributed by atoms with E-state index in [-0.39, 0.29) is 22.5 Å². The van der Waals surface area contributed by atoms with Gasteiger partial charge in [0.2, 0.25) is 0 Å². The summed E-state index contributed by atoms with van der Waals surface area (Å²) in [5, 5.41) is 3.88. The molecule has 1 unspecified atom stereocenters. The third-order valence-corrected chi connectivity index (χ3v) is 5.96. The first kappa shape index (κ1) is 20.3. The van der Waals surface area contributed by atoms with Crippen molar-refractivity contribution in [2.75, 3.05) is 20.2 Å². The van der Waals surface area contributed by atoms with Crippen LogP contribution in [0.15, 0.2) is 36.4 Å². The number of halogens is 1. The van der Waals surface area contributed by atoms with Crippen LogP contribution in [-0.2, 0) is 17.7 Å². The number of hydrogen-bond donors (Lipinski definition) is 1. The average Bonchev–Trinajstić information content (AvgIpc) is 3.20. The van der Waals surface area contributed by atoms with Crippen molar-refractivity contribution in [3.05, 3.63) is 58.4 Å². The number of nitrogens with zero attached hydrogens (tertiary/aromatic N) is 2. The predicted octanol–water partition coefficient (Wildman–Crippen LogP) is 5.15. The molecule has 174 valence electrons. The smallest absolute Gasteiger partial charge is 0.410 e. The molecule has 1 fully saturated rings. The Morgan fingerprint density at radius 3 is 2.66 bits per heavy atom. The van der Waals surface area contributed by atoms with E-state index in [2.05, 4.69) is 10.3 Å². The van der Waals surface area contributed by atoms with Crippen LogP contribution in [0.25, 0.3) is 0 Å². The summed E-state index contributed by atoms with van der Waals surface area (Å²) in [6, 6.07) is 11.1. The highest BCUT2D eigenvalue weighted by Gasteiger charge is 2.40. The maximum atomic E-state index is 12.7. The number of hydrogen-bond acceptors (Lipinski definition) is 5. The van der Waals surface area contributed by atoms with Crippen molar-refractivity contribution in [2.24, 2.45) is 0 Å². The lowest BCUT2D eigenvalue weighted by atomic mass is 9.90. The van der Waals surface area contributed by atoms with E-state index in [1.807, 2.05) is 45.0 Å². The number of amides is 1. The van der Waals surface area contributed by atoms with Gasteiger partial charge in [-0.15, -0.1) is 0 Å². The van der Waals surface area contributed by atoms with Crippen LogP contribution in [0.2, 0.25) is 5.15 Å². The molecule has 3 rings (SSSR count). The van der Waals surface area contributed by atoms with Gasteiger partial charge in [0.25, 0.3) is 0 Å². The van der Waals surface area contributed by atoms with Gasteiger partial charge < -0.3 is 19.7 Å². The van der Waals surface area contributed by atoms with Gasteiger partial charge in [0.05, 0.1) is 7.11 Å². The van der Waals surface area contributed by atoms with Crippen LogP contribution in [0.1, 0.15) is 54.5 Å². The van der Waals surface area contributed by atoms with Crippen molar-refractivity contribution in [3.63, 3.8) is 0 Å². The Morgan fingerprint density at radius 1 is 1.28 bits per heavy atom. The number of aromatic nitrogens is 1. The topological polar surface area (TPSA) is 63.7 Å². The van der Waals surface area contributed by atoms with E-state index in [0.717, 1.165) is 23.3 Å². The van der Waals surface area contributed by atoms with Gasteiger partial charge in [-0.2, -0.15) is 0 Å². The molecule has 2 heterocycles. The summed E-state index contributed by atoms with van der Waals surface area (Å²) >= 11 is 6.34. The number of rotatable bonds is 7. The number of nitrogens with one attached hydrogen (secondary N) is 1. The average molecular weight is 463 g/mol. The van der Waals surface area contributed by atoms with Crippen LogP contribution in [0.3, 0.4) is 0 Å². The lowest BCUT2D eigenvalue weighted by Crippen LogP contribution is -2.48. The normalized spacial score (nSPS) is 20.4. The highest BCUT2D eigenvalue weighted by Crippen LogP contribution is 2.30. The molecule has 1 aliphatic heterocycles. The number of methoxy groups -OCH3 is 1. The van der Waals surface area contributed by atoms with Crippen molar-refractivity contribution in [3.8, 4) is 5.75 Å². The molecular formula is C25H34ClN3O3. The minimum atomic E-state index is -2.30. The van der Waals surface area contributed by atoms with Gasteiger partial charge in [0.15, 0.2) is 0 Å². The Labute approximate surface area is 200 Å². The SMILES string of the molecule is [2H]C([2H])([2H])c1ccc(CCC2(NCc3ccc(OC)cc3)CCN(C(=O)OC(C)(C)C)C2)c(Cl)n1. The number of carbonyl (C=O) groups is 1. The first-order valence-electron chi connectivity index (χ1n) is 12.3. The molecule has 0 radical (unpaired) electrons. The molecule has 7 heteroatoms. The van der Waals surface area contributed by atoms with Crippen LogP contribution in [-0.4, -0.2) is 47.3 Å². The lowest BCUT2D eigenvalue weighted by Gasteiger charge is -2.32. The van der Waals surface area contributed by atoms with Crippen molar-refractivity contribution in [2.45, 2.75) is 64.6 Å². The van der Waals surface area contributed by atoms with Crippen molar-refractivity contribution in [1.29, 1.82) is 0 Å². The van der Waals surface area contributed by atoms with Crippen LogP contribution < -0.4 is 10.1 Å². The second kappa shape index (κ2) is 10.1. The monoisotopic (exact) mass is 462 g/mol. The van der Waals surface area contributed by atoms with Gasteiger partial charge in [-0.25, -0.2) is 9.78 Å². The van der Waals surface area contributed by atoms with E-state index in [0.29, 0.717) is 32.5 Å². The van der Waals surface area contributed by atoms with Crippen molar-refractivity contribution in [1.82, 2.24) is 15.2 Å². The summed E-state index contributed by atoms with van der Waals surface area (Å²) < 4.78 is 33.5. The standard InChI is InChI=1S/C25H34ClN3O3/c1-18-6-9-20(22(26)28-18)12-13-25(27-16-19-7-10-21(31-5)11-8-19)14-15-29(17-25)23(30)32-24(2,3)4/h6-11,27H,12-17H2,1-5H3/i1D3. The zero-order valence-electron chi connectivity index (χ0n) is 22.2. The maximum absolute atomic E-state index is 12.7. The molecule has 0 aliphatic carbocycles. The van der Waals surface area contributed by atoms with E-state index in [1.54, 1.807) is 18.1 Å². The summed E-state index contributed by atoms with van der Waals surface area (Å²) in [4.78, 5) is 18.6. The maximum Gasteiger partial charge on any atom is 0.410 e. The molecule has 0 saturated carbocycles. The molecule has 1 aromatic heterocycles. The van der Waals surface area contributed by atoms with E-state index >= 15 is 0 Å². The Bertz CT molecular complexity index is 1030. The van der Waals surface area contributed by atoms with Gasteiger partial charge in [0, 0.05) is 35.0 Å². The van der Waals surface area contributed by atoms with E-state index in [1.165, 1.54) is 6.07 Å². The summed E-state index contributed by atoms with van der Waals surface area (Å²) in [6.45, 7) is 4.96. The number of benzene rings is 1. The second-order valence-corrected chi connectivity index (χ2v) is 9.64.